The maximum Gasteiger partial charge on any atom is 0.237 e. The van der Waals surface area contributed by atoms with Crippen LogP contribution in [0.3, 0.4) is 0 Å². The fourth-order valence-electron chi connectivity index (χ4n) is 1.56. The lowest BCUT2D eigenvalue weighted by atomic mass is 10.2. The first-order valence-corrected chi connectivity index (χ1v) is 6.48. The molecule has 1 heterocycles. The van der Waals surface area contributed by atoms with Gasteiger partial charge in [-0.25, -0.2) is 0 Å². The van der Waals surface area contributed by atoms with E-state index < -0.39 is 0 Å². The van der Waals surface area contributed by atoms with Gasteiger partial charge in [0.2, 0.25) is 5.91 Å². The van der Waals surface area contributed by atoms with Gasteiger partial charge in [-0.15, -0.1) is 11.8 Å². The summed E-state index contributed by atoms with van der Waals surface area (Å²) >= 11 is 5.99. The molecule has 1 aliphatic heterocycles. The summed E-state index contributed by atoms with van der Waals surface area (Å²) in [5.74, 6) is 0.0646. The average Bonchev–Trinajstić information content (AvgIpc) is 2.29. The SMILES string of the molecule is CNC(S)c1ccc2c(c1)NC(=O)C(C)S2. The van der Waals surface area contributed by atoms with Crippen molar-refractivity contribution in [1.82, 2.24) is 5.32 Å². The largest absolute Gasteiger partial charge is 0.324 e. The number of benzene rings is 1. The predicted octanol–water partition coefficient (Wildman–Crippen LogP) is 2.27. The van der Waals surface area contributed by atoms with Crippen molar-refractivity contribution in [3.8, 4) is 0 Å². The Morgan fingerprint density at radius 1 is 1.56 bits per heavy atom. The summed E-state index contributed by atoms with van der Waals surface area (Å²) in [6, 6.07) is 6.04. The molecule has 16 heavy (non-hydrogen) atoms. The smallest absolute Gasteiger partial charge is 0.237 e. The van der Waals surface area contributed by atoms with Crippen LogP contribution in [0.15, 0.2) is 23.1 Å². The van der Waals surface area contributed by atoms with Gasteiger partial charge >= 0.3 is 0 Å². The molecule has 3 nitrogen and oxygen atoms in total. The maximum absolute atomic E-state index is 11.5. The van der Waals surface area contributed by atoms with Crippen LogP contribution in [0.1, 0.15) is 17.9 Å². The zero-order valence-corrected chi connectivity index (χ0v) is 10.9. The Hall–Kier alpha value is -0.650. The second-order valence-corrected chi connectivity index (χ2v) is 5.60. The van der Waals surface area contributed by atoms with Crippen molar-refractivity contribution in [2.24, 2.45) is 0 Å². The molecule has 2 unspecified atom stereocenters. The Morgan fingerprint density at radius 3 is 3.00 bits per heavy atom. The molecule has 1 aromatic carbocycles. The number of carbonyl (C=O) groups is 1. The van der Waals surface area contributed by atoms with Crippen LogP contribution >= 0.6 is 24.4 Å². The van der Waals surface area contributed by atoms with E-state index >= 15 is 0 Å². The summed E-state index contributed by atoms with van der Waals surface area (Å²) in [6.45, 7) is 1.91. The highest BCUT2D eigenvalue weighted by Gasteiger charge is 2.23. The lowest BCUT2D eigenvalue weighted by molar-refractivity contribution is -0.115. The zero-order chi connectivity index (χ0) is 11.7. The lowest BCUT2D eigenvalue weighted by Crippen LogP contribution is -2.26. The summed E-state index contributed by atoms with van der Waals surface area (Å²) < 4.78 is 0. The van der Waals surface area contributed by atoms with Crippen molar-refractivity contribution in [1.29, 1.82) is 0 Å². The minimum atomic E-state index is -0.0190. The third-order valence-corrected chi connectivity index (χ3v) is 4.26. The molecular formula is C11H14N2OS2. The summed E-state index contributed by atoms with van der Waals surface area (Å²) in [5.41, 5.74) is 1.94. The van der Waals surface area contributed by atoms with Gasteiger partial charge in [0, 0.05) is 4.90 Å². The molecule has 86 valence electrons. The molecule has 0 aromatic heterocycles. The van der Waals surface area contributed by atoms with Crippen LogP contribution in [0.4, 0.5) is 5.69 Å². The Morgan fingerprint density at radius 2 is 2.31 bits per heavy atom. The first-order chi connectivity index (χ1) is 7.61. The van der Waals surface area contributed by atoms with Crippen molar-refractivity contribution in [3.05, 3.63) is 23.8 Å². The van der Waals surface area contributed by atoms with E-state index in [1.54, 1.807) is 11.8 Å². The van der Waals surface area contributed by atoms with Crippen molar-refractivity contribution in [2.75, 3.05) is 12.4 Å². The molecule has 2 rings (SSSR count). The molecular weight excluding hydrogens is 240 g/mol. The second-order valence-electron chi connectivity index (χ2n) is 3.70. The molecule has 2 atom stereocenters. The number of fused-ring (bicyclic) bond motifs is 1. The van der Waals surface area contributed by atoms with Crippen LogP contribution in [0.25, 0.3) is 0 Å². The predicted molar refractivity (Wildman–Crippen MR) is 71.2 cm³/mol. The topological polar surface area (TPSA) is 41.1 Å². The van der Waals surface area contributed by atoms with Gasteiger partial charge in [-0.05, 0) is 31.7 Å². The summed E-state index contributed by atoms with van der Waals surface area (Å²) in [6.07, 6.45) is 0. The van der Waals surface area contributed by atoms with E-state index in [2.05, 4.69) is 23.3 Å². The summed E-state index contributed by atoms with van der Waals surface area (Å²) in [4.78, 5) is 12.7. The van der Waals surface area contributed by atoms with E-state index in [4.69, 9.17) is 0 Å². The molecule has 0 fully saturated rings. The van der Waals surface area contributed by atoms with Crippen LogP contribution in [0.5, 0.6) is 0 Å². The average molecular weight is 254 g/mol. The molecule has 0 aliphatic carbocycles. The van der Waals surface area contributed by atoms with Crippen molar-refractivity contribution >= 4 is 36.0 Å². The van der Waals surface area contributed by atoms with Crippen LogP contribution < -0.4 is 10.6 Å². The number of thiol groups is 1. The number of carbonyl (C=O) groups excluding carboxylic acids is 1. The van der Waals surface area contributed by atoms with Crippen LogP contribution in [0, 0.1) is 0 Å². The van der Waals surface area contributed by atoms with Gasteiger partial charge in [0.15, 0.2) is 0 Å². The summed E-state index contributed by atoms with van der Waals surface area (Å²) in [7, 11) is 1.85. The van der Waals surface area contributed by atoms with Gasteiger partial charge in [-0.1, -0.05) is 6.07 Å². The van der Waals surface area contributed by atoms with Gasteiger partial charge in [-0.3, -0.25) is 4.79 Å². The third-order valence-electron chi connectivity index (χ3n) is 2.52. The Bertz CT molecular complexity index is 422. The molecule has 0 radical (unpaired) electrons. The quantitative estimate of drug-likeness (QED) is 0.560. The molecule has 0 saturated heterocycles. The fourth-order valence-corrected chi connectivity index (χ4v) is 2.65. The van der Waals surface area contributed by atoms with Crippen molar-refractivity contribution in [3.63, 3.8) is 0 Å². The Balaban J connectivity index is 2.32. The standard InChI is InChI=1S/C11H14N2OS2/c1-6-10(14)13-8-5-7(11(15)12-2)3-4-9(8)16-6/h3-6,11-12,15H,1-2H3,(H,13,14). The minimum Gasteiger partial charge on any atom is -0.324 e. The van der Waals surface area contributed by atoms with Crippen LogP contribution in [0.2, 0.25) is 0 Å². The van der Waals surface area contributed by atoms with E-state index in [-0.39, 0.29) is 16.5 Å². The van der Waals surface area contributed by atoms with Gasteiger partial charge < -0.3 is 10.6 Å². The van der Waals surface area contributed by atoms with Gasteiger partial charge in [0.25, 0.3) is 0 Å². The highest BCUT2D eigenvalue weighted by molar-refractivity contribution is 8.00. The lowest BCUT2D eigenvalue weighted by Gasteiger charge is -2.22. The number of hydrogen-bond acceptors (Lipinski definition) is 4. The van der Waals surface area contributed by atoms with E-state index in [1.165, 1.54) is 0 Å². The molecule has 1 aliphatic rings. The van der Waals surface area contributed by atoms with Crippen molar-refractivity contribution < 1.29 is 4.79 Å². The van der Waals surface area contributed by atoms with Crippen LogP contribution in [-0.4, -0.2) is 18.2 Å². The normalized spacial score (nSPS) is 21.2. The number of thioether (sulfide) groups is 1. The third kappa shape index (κ3) is 2.21. The molecule has 1 amide bonds. The molecule has 2 N–H and O–H groups in total. The van der Waals surface area contributed by atoms with E-state index in [0.717, 1.165) is 16.1 Å². The monoisotopic (exact) mass is 254 g/mol. The number of hydrogen-bond donors (Lipinski definition) is 3. The number of amides is 1. The molecule has 0 bridgehead atoms. The molecule has 5 heteroatoms. The second kappa shape index (κ2) is 4.69. The van der Waals surface area contributed by atoms with E-state index in [9.17, 15) is 4.79 Å². The first kappa shape index (κ1) is 11.8. The summed E-state index contributed by atoms with van der Waals surface area (Å²) in [5, 5.41) is 5.93. The maximum atomic E-state index is 11.5. The van der Waals surface area contributed by atoms with Crippen molar-refractivity contribution in [2.45, 2.75) is 22.4 Å². The van der Waals surface area contributed by atoms with Gasteiger partial charge in [0.05, 0.1) is 16.3 Å². The molecule has 1 aromatic rings. The molecule has 0 saturated carbocycles. The Kier molecular flexibility index (Phi) is 3.47. The van der Waals surface area contributed by atoms with E-state index in [1.807, 2.05) is 32.2 Å². The van der Waals surface area contributed by atoms with Crippen LogP contribution in [-0.2, 0) is 4.79 Å². The highest BCUT2D eigenvalue weighted by atomic mass is 32.2. The Labute approximate surface area is 105 Å². The number of rotatable bonds is 2. The van der Waals surface area contributed by atoms with E-state index in [0.29, 0.717) is 0 Å². The first-order valence-electron chi connectivity index (χ1n) is 5.08. The number of nitrogens with one attached hydrogen (secondary N) is 2. The zero-order valence-electron chi connectivity index (χ0n) is 9.15. The van der Waals surface area contributed by atoms with Gasteiger partial charge in [0.1, 0.15) is 0 Å². The minimum absolute atomic E-state index is 0.00782. The molecule has 0 spiro atoms. The fraction of sp³-hybridized carbons (Fsp3) is 0.364. The number of anilines is 1. The van der Waals surface area contributed by atoms with Gasteiger partial charge in [-0.2, -0.15) is 12.6 Å². The highest BCUT2D eigenvalue weighted by Crippen LogP contribution is 2.37.